The fourth-order valence-electron chi connectivity index (χ4n) is 3.93. The Balaban J connectivity index is 1.56. The molecule has 0 saturated heterocycles. The highest BCUT2D eigenvalue weighted by molar-refractivity contribution is 5.33. The summed E-state index contributed by atoms with van der Waals surface area (Å²) in [6.07, 6.45) is 3.13. The third-order valence-electron chi connectivity index (χ3n) is 5.31. The number of likely N-dealkylation sites (N-methyl/N-ethyl adjacent to an activating group) is 1. The molecule has 0 spiro atoms. The Hall–Kier alpha value is -2.05. The van der Waals surface area contributed by atoms with Crippen LogP contribution in [-0.2, 0) is 32.5 Å². The molecule has 6 nitrogen and oxygen atoms in total. The molecule has 2 aromatic heterocycles. The van der Waals surface area contributed by atoms with Crippen LogP contribution in [0, 0.1) is 6.92 Å². The number of aromatic nitrogens is 3. The maximum absolute atomic E-state index is 5.58. The molecule has 0 atom stereocenters. The molecule has 0 radical (unpaired) electrons. The van der Waals surface area contributed by atoms with Crippen LogP contribution < -0.4 is 4.74 Å². The SMILES string of the molecule is COc1nc(CN2CCCc3nc(C)ccc3C2)nc2c1CN(C)CC2. The van der Waals surface area contributed by atoms with Crippen LogP contribution in [0.25, 0.3) is 0 Å². The highest BCUT2D eigenvalue weighted by atomic mass is 16.5. The van der Waals surface area contributed by atoms with Gasteiger partial charge < -0.3 is 9.64 Å². The zero-order valence-corrected chi connectivity index (χ0v) is 16.0. The van der Waals surface area contributed by atoms with E-state index < -0.39 is 0 Å². The fourth-order valence-corrected chi connectivity index (χ4v) is 3.93. The maximum Gasteiger partial charge on any atom is 0.221 e. The van der Waals surface area contributed by atoms with E-state index >= 15 is 0 Å². The second kappa shape index (κ2) is 7.29. The molecule has 2 aromatic rings. The minimum absolute atomic E-state index is 0.740. The normalized spacial score (nSPS) is 18.1. The standard InChI is InChI=1S/C20H27N5O/c1-14-6-7-15-11-25(9-4-5-17(15)21-14)13-19-22-18-8-10-24(2)12-16(18)20(23-19)26-3/h6-7H,4-5,8-13H2,1-3H3. The van der Waals surface area contributed by atoms with Crippen molar-refractivity contribution in [3.63, 3.8) is 0 Å². The van der Waals surface area contributed by atoms with Crippen molar-refractivity contribution in [3.05, 3.63) is 46.2 Å². The van der Waals surface area contributed by atoms with Crippen molar-refractivity contribution in [1.29, 1.82) is 0 Å². The summed E-state index contributed by atoms with van der Waals surface area (Å²) < 4.78 is 5.58. The fraction of sp³-hybridized carbons (Fsp3) is 0.550. The minimum atomic E-state index is 0.740. The van der Waals surface area contributed by atoms with Crippen LogP contribution in [0.2, 0.25) is 0 Å². The summed E-state index contributed by atoms with van der Waals surface area (Å²) in [6, 6.07) is 4.33. The Bertz CT molecular complexity index is 790. The highest BCUT2D eigenvalue weighted by Gasteiger charge is 2.23. The van der Waals surface area contributed by atoms with Crippen molar-refractivity contribution in [3.8, 4) is 5.88 Å². The van der Waals surface area contributed by atoms with E-state index in [0.29, 0.717) is 0 Å². The summed E-state index contributed by atoms with van der Waals surface area (Å²) >= 11 is 0. The van der Waals surface area contributed by atoms with Gasteiger partial charge >= 0.3 is 0 Å². The first-order valence-corrected chi connectivity index (χ1v) is 9.41. The zero-order valence-electron chi connectivity index (χ0n) is 16.0. The molecule has 0 N–H and O–H groups in total. The molecule has 4 heterocycles. The second-order valence-corrected chi connectivity index (χ2v) is 7.43. The van der Waals surface area contributed by atoms with Gasteiger partial charge in [0, 0.05) is 43.0 Å². The van der Waals surface area contributed by atoms with Crippen molar-refractivity contribution in [1.82, 2.24) is 24.8 Å². The summed E-state index contributed by atoms with van der Waals surface area (Å²) in [5, 5.41) is 0. The number of pyridine rings is 1. The predicted molar refractivity (Wildman–Crippen MR) is 100 cm³/mol. The lowest BCUT2D eigenvalue weighted by molar-refractivity contribution is 0.249. The van der Waals surface area contributed by atoms with Gasteiger partial charge in [0.1, 0.15) is 5.82 Å². The van der Waals surface area contributed by atoms with Crippen LogP contribution in [0.15, 0.2) is 12.1 Å². The van der Waals surface area contributed by atoms with Crippen LogP contribution in [0.5, 0.6) is 5.88 Å². The Morgan fingerprint density at radius 3 is 2.77 bits per heavy atom. The van der Waals surface area contributed by atoms with Gasteiger partial charge in [0.15, 0.2) is 0 Å². The van der Waals surface area contributed by atoms with E-state index in [0.717, 1.165) is 80.6 Å². The van der Waals surface area contributed by atoms with Crippen molar-refractivity contribution in [2.45, 2.75) is 45.8 Å². The van der Waals surface area contributed by atoms with Gasteiger partial charge in [0.25, 0.3) is 0 Å². The molecular formula is C20H27N5O. The second-order valence-electron chi connectivity index (χ2n) is 7.43. The maximum atomic E-state index is 5.58. The van der Waals surface area contributed by atoms with Crippen LogP contribution in [0.3, 0.4) is 0 Å². The van der Waals surface area contributed by atoms with Crippen LogP contribution >= 0.6 is 0 Å². The topological polar surface area (TPSA) is 54.4 Å². The summed E-state index contributed by atoms with van der Waals surface area (Å²) in [7, 11) is 3.83. The van der Waals surface area contributed by atoms with E-state index in [9.17, 15) is 0 Å². The molecule has 2 aliphatic heterocycles. The van der Waals surface area contributed by atoms with E-state index in [1.807, 2.05) is 0 Å². The van der Waals surface area contributed by atoms with E-state index in [-0.39, 0.29) is 0 Å². The first kappa shape index (κ1) is 17.4. The third kappa shape index (κ3) is 3.57. The number of rotatable bonds is 3. The van der Waals surface area contributed by atoms with E-state index in [1.165, 1.54) is 11.3 Å². The molecule has 138 valence electrons. The Labute approximate surface area is 155 Å². The lowest BCUT2D eigenvalue weighted by atomic mass is 10.1. The lowest BCUT2D eigenvalue weighted by Gasteiger charge is -2.26. The molecule has 0 bridgehead atoms. The van der Waals surface area contributed by atoms with Crippen LogP contribution in [-0.4, -0.2) is 52.0 Å². The van der Waals surface area contributed by atoms with E-state index in [4.69, 9.17) is 19.7 Å². The molecule has 0 aromatic carbocycles. The van der Waals surface area contributed by atoms with Crippen molar-refractivity contribution in [2.75, 3.05) is 27.2 Å². The van der Waals surface area contributed by atoms with Gasteiger partial charge in [0.05, 0.1) is 19.3 Å². The molecule has 0 saturated carbocycles. The van der Waals surface area contributed by atoms with Gasteiger partial charge in [-0.2, -0.15) is 4.98 Å². The first-order valence-electron chi connectivity index (χ1n) is 9.41. The number of fused-ring (bicyclic) bond motifs is 2. The first-order chi connectivity index (χ1) is 12.6. The minimum Gasteiger partial charge on any atom is -0.481 e. The Morgan fingerprint density at radius 1 is 1.04 bits per heavy atom. The average Bonchev–Trinajstić information content (AvgIpc) is 2.82. The van der Waals surface area contributed by atoms with Crippen LogP contribution in [0.4, 0.5) is 0 Å². The number of hydrogen-bond donors (Lipinski definition) is 0. The molecule has 26 heavy (non-hydrogen) atoms. The van der Waals surface area contributed by atoms with Crippen molar-refractivity contribution < 1.29 is 4.74 Å². The predicted octanol–water partition coefficient (Wildman–Crippen LogP) is 2.12. The van der Waals surface area contributed by atoms with Crippen molar-refractivity contribution >= 4 is 0 Å². The molecular weight excluding hydrogens is 326 g/mol. The largest absolute Gasteiger partial charge is 0.481 e. The number of ether oxygens (including phenoxy) is 1. The van der Waals surface area contributed by atoms with Gasteiger partial charge in [-0.1, -0.05) is 6.07 Å². The zero-order chi connectivity index (χ0) is 18.1. The van der Waals surface area contributed by atoms with Gasteiger partial charge in [-0.05, 0) is 45.0 Å². The van der Waals surface area contributed by atoms with E-state index in [1.54, 1.807) is 7.11 Å². The van der Waals surface area contributed by atoms with Gasteiger partial charge in [-0.25, -0.2) is 4.98 Å². The summed E-state index contributed by atoms with van der Waals surface area (Å²) in [6.45, 7) is 6.67. The molecule has 0 unspecified atom stereocenters. The number of nitrogens with zero attached hydrogens (tertiary/aromatic N) is 5. The number of aryl methyl sites for hydroxylation is 2. The third-order valence-corrected chi connectivity index (χ3v) is 5.31. The quantitative estimate of drug-likeness (QED) is 0.843. The molecule has 0 fully saturated rings. The smallest absolute Gasteiger partial charge is 0.221 e. The van der Waals surface area contributed by atoms with Gasteiger partial charge in [-0.15, -0.1) is 0 Å². The molecule has 4 rings (SSSR count). The number of methoxy groups -OCH3 is 1. The molecule has 6 heteroatoms. The van der Waals surface area contributed by atoms with Crippen LogP contribution in [0.1, 0.15) is 40.5 Å². The molecule has 0 aliphatic carbocycles. The Morgan fingerprint density at radius 2 is 1.92 bits per heavy atom. The monoisotopic (exact) mass is 353 g/mol. The number of hydrogen-bond acceptors (Lipinski definition) is 6. The average molecular weight is 353 g/mol. The van der Waals surface area contributed by atoms with E-state index in [2.05, 4.69) is 35.9 Å². The van der Waals surface area contributed by atoms with Crippen molar-refractivity contribution in [2.24, 2.45) is 0 Å². The molecule has 0 amide bonds. The summed E-state index contributed by atoms with van der Waals surface area (Å²) in [4.78, 5) is 19.0. The summed E-state index contributed by atoms with van der Waals surface area (Å²) in [5.41, 5.74) is 5.98. The Kier molecular flexibility index (Phi) is 4.87. The highest BCUT2D eigenvalue weighted by Crippen LogP contribution is 2.26. The lowest BCUT2D eigenvalue weighted by Crippen LogP contribution is -2.30. The summed E-state index contributed by atoms with van der Waals surface area (Å²) in [5.74, 6) is 1.61. The molecule has 2 aliphatic rings. The van der Waals surface area contributed by atoms with Gasteiger partial charge in [-0.3, -0.25) is 9.88 Å². The van der Waals surface area contributed by atoms with Gasteiger partial charge in [0.2, 0.25) is 5.88 Å².